The Kier molecular flexibility index (Phi) is 8.26. The van der Waals surface area contributed by atoms with Crippen LogP contribution in [0.25, 0.3) is 0 Å². The molecule has 38 heavy (non-hydrogen) atoms. The zero-order valence-electron chi connectivity index (χ0n) is 21.5. The fraction of sp³-hybridized carbons (Fsp3) is 0.212. The molecule has 0 radical (unpaired) electrons. The average Bonchev–Trinajstić information content (AvgIpc) is 2.98. The van der Waals surface area contributed by atoms with Gasteiger partial charge in [-0.25, -0.2) is 0 Å². The zero-order chi connectivity index (χ0) is 26.2. The van der Waals surface area contributed by atoms with Crippen LogP contribution in [0.1, 0.15) is 39.5 Å². The van der Waals surface area contributed by atoms with Crippen LogP contribution < -0.4 is 5.32 Å². The highest BCUT2D eigenvalue weighted by Gasteiger charge is 2.29. The second-order valence-electron chi connectivity index (χ2n) is 9.63. The van der Waals surface area contributed by atoms with E-state index in [1.54, 1.807) is 6.07 Å². The van der Waals surface area contributed by atoms with Crippen LogP contribution in [0.5, 0.6) is 0 Å². The summed E-state index contributed by atoms with van der Waals surface area (Å²) in [6, 6.07) is 38.5. The number of para-hydroxylation sites is 1. The van der Waals surface area contributed by atoms with Crippen LogP contribution in [-0.4, -0.2) is 47.8 Å². The number of amides is 2. The number of anilines is 1. The van der Waals surface area contributed by atoms with Crippen molar-refractivity contribution in [3.8, 4) is 0 Å². The van der Waals surface area contributed by atoms with Crippen LogP contribution in [0.15, 0.2) is 115 Å². The summed E-state index contributed by atoms with van der Waals surface area (Å²) >= 11 is 0. The minimum Gasteiger partial charge on any atom is -0.336 e. The van der Waals surface area contributed by atoms with Crippen LogP contribution in [-0.2, 0) is 11.2 Å². The number of piperazine rings is 1. The SMILES string of the molecule is O=C(CCc1ccccc1)Nc1ccccc1C(=O)N1CCN(C(c2ccccc2)c2ccccc2)CC1. The summed E-state index contributed by atoms with van der Waals surface area (Å²) in [5.41, 5.74) is 4.74. The lowest BCUT2D eigenvalue weighted by Crippen LogP contribution is -2.50. The molecule has 0 saturated carbocycles. The Bertz CT molecular complexity index is 1300. The highest BCUT2D eigenvalue weighted by Crippen LogP contribution is 2.30. The Labute approximate surface area is 224 Å². The number of nitrogens with zero attached hydrogens (tertiary/aromatic N) is 2. The molecule has 2 amide bonds. The molecule has 1 heterocycles. The van der Waals surface area contributed by atoms with E-state index < -0.39 is 0 Å². The van der Waals surface area contributed by atoms with Crippen LogP contribution in [0.3, 0.4) is 0 Å². The topological polar surface area (TPSA) is 52.7 Å². The molecule has 4 aromatic rings. The molecule has 0 aliphatic carbocycles. The molecule has 0 bridgehead atoms. The van der Waals surface area contributed by atoms with E-state index in [0.717, 1.165) is 18.7 Å². The summed E-state index contributed by atoms with van der Waals surface area (Å²) in [7, 11) is 0. The lowest BCUT2D eigenvalue weighted by Gasteiger charge is -2.40. The van der Waals surface area contributed by atoms with Crippen LogP contribution in [0.2, 0.25) is 0 Å². The fourth-order valence-electron chi connectivity index (χ4n) is 5.13. The van der Waals surface area contributed by atoms with E-state index in [-0.39, 0.29) is 17.9 Å². The molecule has 0 aromatic heterocycles. The third-order valence-electron chi connectivity index (χ3n) is 7.11. The van der Waals surface area contributed by atoms with Gasteiger partial charge in [0, 0.05) is 32.6 Å². The quantitative estimate of drug-likeness (QED) is 0.330. The summed E-state index contributed by atoms with van der Waals surface area (Å²) in [4.78, 5) is 30.6. The largest absolute Gasteiger partial charge is 0.336 e. The lowest BCUT2D eigenvalue weighted by atomic mass is 9.96. The van der Waals surface area contributed by atoms with Crippen molar-refractivity contribution in [2.45, 2.75) is 18.9 Å². The van der Waals surface area contributed by atoms with E-state index in [1.165, 1.54) is 11.1 Å². The first kappa shape index (κ1) is 25.4. The van der Waals surface area contributed by atoms with Gasteiger partial charge in [0.25, 0.3) is 5.91 Å². The number of hydrogen-bond acceptors (Lipinski definition) is 3. The minimum absolute atomic E-state index is 0.0421. The van der Waals surface area contributed by atoms with Gasteiger partial charge in [0.1, 0.15) is 0 Å². The van der Waals surface area contributed by atoms with Crippen molar-refractivity contribution < 1.29 is 9.59 Å². The molecule has 5 heteroatoms. The Morgan fingerprint density at radius 2 is 1.18 bits per heavy atom. The summed E-state index contributed by atoms with van der Waals surface area (Å²) in [5, 5.41) is 2.97. The van der Waals surface area contributed by atoms with Gasteiger partial charge in [-0.1, -0.05) is 103 Å². The summed E-state index contributed by atoms with van der Waals surface area (Å²) in [5.74, 6) is -0.132. The van der Waals surface area contributed by atoms with Gasteiger partial charge in [-0.2, -0.15) is 0 Å². The monoisotopic (exact) mass is 503 g/mol. The van der Waals surface area contributed by atoms with E-state index >= 15 is 0 Å². The normalized spacial score (nSPS) is 13.9. The predicted molar refractivity (Wildman–Crippen MR) is 152 cm³/mol. The molecule has 192 valence electrons. The molecule has 0 spiro atoms. The molecule has 5 nitrogen and oxygen atoms in total. The second kappa shape index (κ2) is 12.3. The van der Waals surface area contributed by atoms with E-state index in [4.69, 9.17) is 0 Å². The second-order valence-corrected chi connectivity index (χ2v) is 9.63. The van der Waals surface area contributed by atoms with Gasteiger partial charge in [-0.15, -0.1) is 0 Å². The highest BCUT2D eigenvalue weighted by atomic mass is 16.2. The van der Waals surface area contributed by atoms with Crippen molar-refractivity contribution in [3.63, 3.8) is 0 Å². The third-order valence-corrected chi connectivity index (χ3v) is 7.11. The number of rotatable bonds is 8. The van der Waals surface area contributed by atoms with E-state index in [1.807, 2.05) is 65.6 Å². The number of nitrogens with one attached hydrogen (secondary N) is 1. The molecule has 1 aliphatic heterocycles. The molecule has 1 aliphatic rings. The Morgan fingerprint density at radius 1 is 0.658 bits per heavy atom. The van der Waals surface area contributed by atoms with Gasteiger partial charge in [-0.05, 0) is 35.2 Å². The Balaban J connectivity index is 1.24. The van der Waals surface area contributed by atoms with Gasteiger partial charge < -0.3 is 10.2 Å². The third kappa shape index (κ3) is 6.18. The molecule has 1 saturated heterocycles. The van der Waals surface area contributed by atoms with Crippen LogP contribution in [0.4, 0.5) is 5.69 Å². The molecule has 1 fully saturated rings. The number of aryl methyl sites for hydroxylation is 1. The first-order chi connectivity index (χ1) is 18.7. The van der Waals surface area contributed by atoms with Crippen LogP contribution >= 0.6 is 0 Å². The Hall–Kier alpha value is -4.22. The van der Waals surface area contributed by atoms with Crippen molar-refractivity contribution in [3.05, 3.63) is 138 Å². The maximum absolute atomic E-state index is 13.6. The predicted octanol–water partition coefficient (Wildman–Crippen LogP) is 5.81. The molecular weight excluding hydrogens is 470 g/mol. The number of carbonyl (C=O) groups excluding carboxylic acids is 2. The minimum atomic E-state index is -0.0903. The zero-order valence-corrected chi connectivity index (χ0v) is 21.5. The van der Waals surface area contributed by atoms with E-state index in [9.17, 15) is 9.59 Å². The van der Waals surface area contributed by atoms with Crippen molar-refractivity contribution in [1.29, 1.82) is 0 Å². The first-order valence-electron chi connectivity index (χ1n) is 13.2. The van der Waals surface area contributed by atoms with Crippen molar-refractivity contribution in [2.24, 2.45) is 0 Å². The maximum atomic E-state index is 13.6. The number of hydrogen-bond donors (Lipinski definition) is 1. The molecule has 4 aromatic carbocycles. The molecule has 1 N–H and O–H groups in total. The molecule has 0 unspecified atom stereocenters. The summed E-state index contributed by atoms with van der Waals surface area (Å²) in [6.45, 7) is 2.80. The van der Waals surface area contributed by atoms with E-state index in [2.05, 4.69) is 58.7 Å². The smallest absolute Gasteiger partial charge is 0.256 e. The molecule has 0 atom stereocenters. The van der Waals surface area contributed by atoms with Crippen molar-refractivity contribution in [1.82, 2.24) is 9.80 Å². The van der Waals surface area contributed by atoms with Crippen molar-refractivity contribution in [2.75, 3.05) is 31.5 Å². The molecule has 5 rings (SSSR count). The average molecular weight is 504 g/mol. The maximum Gasteiger partial charge on any atom is 0.256 e. The highest BCUT2D eigenvalue weighted by molar-refractivity contribution is 6.03. The van der Waals surface area contributed by atoms with Crippen LogP contribution in [0, 0.1) is 0 Å². The van der Waals surface area contributed by atoms with Gasteiger partial charge in [0.05, 0.1) is 17.3 Å². The van der Waals surface area contributed by atoms with E-state index in [0.29, 0.717) is 37.2 Å². The van der Waals surface area contributed by atoms with Gasteiger partial charge in [0.15, 0.2) is 0 Å². The summed E-state index contributed by atoms with van der Waals surface area (Å²) in [6.07, 6.45) is 1.03. The van der Waals surface area contributed by atoms with Crippen molar-refractivity contribution >= 4 is 17.5 Å². The number of benzene rings is 4. The molecular formula is C33H33N3O2. The van der Waals surface area contributed by atoms with Gasteiger partial charge in [-0.3, -0.25) is 14.5 Å². The fourth-order valence-corrected chi connectivity index (χ4v) is 5.13. The number of carbonyl (C=O) groups is 2. The first-order valence-corrected chi connectivity index (χ1v) is 13.2. The van der Waals surface area contributed by atoms with Gasteiger partial charge in [0.2, 0.25) is 5.91 Å². The Morgan fingerprint density at radius 3 is 1.79 bits per heavy atom. The summed E-state index contributed by atoms with van der Waals surface area (Å²) < 4.78 is 0. The standard InChI is InChI=1S/C33H33N3O2/c37-31(21-20-26-12-4-1-5-13-26)34-30-19-11-10-18-29(30)33(38)36-24-22-35(23-25-36)32(27-14-6-2-7-15-27)28-16-8-3-9-17-28/h1-19,32H,20-25H2,(H,34,37). The van der Waals surface area contributed by atoms with Gasteiger partial charge >= 0.3 is 0 Å². The lowest BCUT2D eigenvalue weighted by molar-refractivity contribution is -0.116.